The SMILES string of the molecule is COc1ncnc(OC)c1-n1c(NS(=O)(=O)C2CC(OC(C)C)CN(c3ncc(F)cn3)C2)nnc1[C@@H]1CCCO1. The van der Waals surface area contributed by atoms with Crippen LogP contribution in [0.2, 0.25) is 0 Å². The largest absolute Gasteiger partial charge is 0.479 e. The van der Waals surface area contributed by atoms with E-state index < -0.39 is 33.3 Å². The second-order valence-electron chi connectivity index (χ2n) is 9.88. The van der Waals surface area contributed by atoms with E-state index in [9.17, 15) is 12.8 Å². The molecule has 0 spiro atoms. The van der Waals surface area contributed by atoms with E-state index in [4.69, 9.17) is 18.9 Å². The van der Waals surface area contributed by atoms with Crippen molar-refractivity contribution in [3.05, 3.63) is 30.4 Å². The molecular formula is C24H32FN9O6S. The summed E-state index contributed by atoms with van der Waals surface area (Å²) in [6.07, 6.45) is 3.94. The van der Waals surface area contributed by atoms with Crippen LogP contribution in [0.3, 0.4) is 0 Å². The minimum absolute atomic E-state index is 0.0345. The lowest BCUT2D eigenvalue weighted by Crippen LogP contribution is -2.51. The molecule has 0 bridgehead atoms. The van der Waals surface area contributed by atoms with Crippen LogP contribution >= 0.6 is 0 Å². The van der Waals surface area contributed by atoms with Crippen molar-refractivity contribution in [2.75, 3.05) is 43.5 Å². The number of halogens is 1. The Morgan fingerprint density at radius 3 is 2.39 bits per heavy atom. The molecule has 17 heteroatoms. The highest BCUT2D eigenvalue weighted by Crippen LogP contribution is 2.37. The maximum absolute atomic E-state index is 13.9. The zero-order chi connectivity index (χ0) is 29.1. The highest BCUT2D eigenvalue weighted by Gasteiger charge is 2.39. The Bertz CT molecular complexity index is 1430. The summed E-state index contributed by atoms with van der Waals surface area (Å²) in [6, 6.07) is 0. The van der Waals surface area contributed by atoms with Gasteiger partial charge in [0, 0.05) is 19.7 Å². The van der Waals surface area contributed by atoms with Crippen molar-refractivity contribution in [1.29, 1.82) is 0 Å². The van der Waals surface area contributed by atoms with Gasteiger partial charge >= 0.3 is 0 Å². The van der Waals surface area contributed by atoms with Crippen molar-refractivity contribution >= 4 is 21.9 Å². The molecule has 3 aromatic heterocycles. The maximum Gasteiger partial charge on any atom is 0.245 e. The van der Waals surface area contributed by atoms with Gasteiger partial charge in [-0.1, -0.05) is 0 Å². The van der Waals surface area contributed by atoms with E-state index in [0.29, 0.717) is 25.4 Å². The molecule has 0 aromatic carbocycles. The van der Waals surface area contributed by atoms with Crippen molar-refractivity contribution in [2.45, 2.75) is 56.7 Å². The number of aromatic nitrogens is 7. The summed E-state index contributed by atoms with van der Waals surface area (Å²) in [7, 11) is -1.27. The van der Waals surface area contributed by atoms with Gasteiger partial charge < -0.3 is 23.8 Å². The highest BCUT2D eigenvalue weighted by atomic mass is 32.2. The Kier molecular flexibility index (Phi) is 8.46. The smallest absolute Gasteiger partial charge is 0.245 e. The molecule has 1 N–H and O–H groups in total. The molecule has 2 fully saturated rings. The second-order valence-corrected chi connectivity index (χ2v) is 11.8. The first-order valence-electron chi connectivity index (χ1n) is 13.1. The molecule has 2 saturated heterocycles. The van der Waals surface area contributed by atoms with Crippen molar-refractivity contribution in [1.82, 2.24) is 34.7 Å². The van der Waals surface area contributed by atoms with Gasteiger partial charge in [-0.25, -0.2) is 22.8 Å². The van der Waals surface area contributed by atoms with Crippen LogP contribution in [0.5, 0.6) is 11.8 Å². The average Bonchev–Trinajstić information content (AvgIpc) is 3.62. The minimum atomic E-state index is -4.12. The molecule has 2 aliphatic rings. The lowest BCUT2D eigenvalue weighted by molar-refractivity contribution is 0.00147. The number of hydrogen-bond acceptors (Lipinski definition) is 13. The molecule has 41 heavy (non-hydrogen) atoms. The van der Waals surface area contributed by atoms with Crippen molar-refractivity contribution in [3.8, 4) is 17.4 Å². The predicted octanol–water partition coefficient (Wildman–Crippen LogP) is 1.67. The first-order valence-corrected chi connectivity index (χ1v) is 14.6. The number of hydrogen-bond donors (Lipinski definition) is 1. The Hall–Kier alpha value is -3.70. The van der Waals surface area contributed by atoms with Gasteiger partial charge in [0.15, 0.2) is 17.3 Å². The molecule has 2 aliphatic heterocycles. The first-order chi connectivity index (χ1) is 19.7. The van der Waals surface area contributed by atoms with Gasteiger partial charge in [-0.2, -0.15) is 9.97 Å². The molecule has 3 aromatic rings. The highest BCUT2D eigenvalue weighted by molar-refractivity contribution is 7.93. The normalized spacial score (nSPS) is 21.3. The molecule has 3 atom stereocenters. The lowest BCUT2D eigenvalue weighted by atomic mass is 10.1. The van der Waals surface area contributed by atoms with E-state index in [2.05, 4.69) is 34.9 Å². The molecule has 222 valence electrons. The van der Waals surface area contributed by atoms with E-state index in [0.717, 1.165) is 18.8 Å². The summed E-state index contributed by atoms with van der Waals surface area (Å²) >= 11 is 0. The molecule has 0 amide bonds. The van der Waals surface area contributed by atoms with Crippen molar-refractivity contribution in [3.63, 3.8) is 0 Å². The van der Waals surface area contributed by atoms with Gasteiger partial charge in [0.2, 0.25) is 33.7 Å². The Balaban J connectivity index is 1.52. The van der Waals surface area contributed by atoms with E-state index >= 15 is 0 Å². The van der Waals surface area contributed by atoms with Gasteiger partial charge in [-0.05, 0) is 33.1 Å². The van der Waals surface area contributed by atoms with Crippen LogP contribution < -0.4 is 19.1 Å². The number of ether oxygens (including phenoxy) is 4. The fraction of sp³-hybridized carbons (Fsp3) is 0.583. The van der Waals surface area contributed by atoms with Crippen LogP contribution in [0.1, 0.15) is 45.0 Å². The first kappa shape index (κ1) is 28.8. The van der Waals surface area contributed by atoms with Crippen LogP contribution in [0.15, 0.2) is 18.7 Å². The average molecular weight is 594 g/mol. The van der Waals surface area contributed by atoms with E-state index in [-0.39, 0.29) is 48.4 Å². The molecule has 2 unspecified atom stereocenters. The quantitative estimate of drug-likeness (QED) is 0.361. The molecular weight excluding hydrogens is 561 g/mol. The summed E-state index contributed by atoms with van der Waals surface area (Å²) in [5.41, 5.74) is 0.219. The fourth-order valence-electron chi connectivity index (χ4n) is 4.97. The Morgan fingerprint density at radius 1 is 1.07 bits per heavy atom. The molecule has 0 saturated carbocycles. The molecule has 15 nitrogen and oxygen atoms in total. The van der Waals surface area contributed by atoms with Crippen LogP contribution in [0.4, 0.5) is 16.3 Å². The van der Waals surface area contributed by atoms with Crippen LogP contribution in [-0.4, -0.2) is 94.5 Å². The number of rotatable bonds is 10. The van der Waals surface area contributed by atoms with Crippen molar-refractivity contribution < 1.29 is 31.8 Å². The Labute approximate surface area is 236 Å². The fourth-order valence-corrected chi connectivity index (χ4v) is 6.37. The van der Waals surface area contributed by atoms with Crippen LogP contribution in [0, 0.1) is 5.82 Å². The standard InChI is InChI=1S/C24H32FN9O6S/c1-14(2)40-16-8-17(12-33(11-16)23-26-9-15(25)10-27-23)41(35,36)32-24-31-30-20(18-6-5-7-39-18)34(24)19-21(37-3)28-13-29-22(19)38-4/h9-10,13-14,16-18H,5-8,11-12H2,1-4H3,(H,31,32)/t16?,17?,18-/m0/s1. The summed E-state index contributed by atoms with van der Waals surface area (Å²) in [4.78, 5) is 18.1. The summed E-state index contributed by atoms with van der Waals surface area (Å²) in [6.45, 7) is 4.64. The van der Waals surface area contributed by atoms with Crippen molar-refractivity contribution in [2.24, 2.45) is 0 Å². The molecule has 0 aliphatic carbocycles. The number of piperidine rings is 1. The van der Waals surface area contributed by atoms with Gasteiger partial charge in [0.25, 0.3) is 0 Å². The summed E-state index contributed by atoms with van der Waals surface area (Å²) in [5.74, 6) is 0.0844. The van der Waals surface area contributed by atoms with E-state index in [1.54, 1.807) is 4.90 Å². The van der Waals surface area contributed by atoms with Crippen LogP contribution in [-0.2, 0) is 19.5 Å². The second kappa shape index (κ2) is 12.0. The number of nitrogens with one attached hydrogen (secondary N) is 1. The number of sulfonamides is 1. The van der Waals surface area contributed by atoms with E-state index in [1.807, 2.05) is 13.8 Å². The third kappa shape index (κ3) is 6.15. The Morgan fingerprint density at radius 2 is 1.78 bits per heavy atom. The zero-order valence-corrected chi connectivity index (χ0v) is 23.9. The van der Waals surface area contributed by atoms with Gasteiger partial charge in [-0.3, -0.25) is 9.29 Å². The minimum Gasteiger partial charge on any atom is -0.479 e. The number of methoxy groups -OCH3 is 2. The molecule has 0 radical (unpaired) electrons. The lowest BCUT2D eigenvalue weighted by Gasteiger charge is -2.37. The topological polar surface area (TPSA) is 169 Å². The summed E-state index contributed by atoms with van der Waals surface area (Å²) in [5, 5.41) is 7.50. The third-order valence-electron chi connectivity index (χ3n) is 6.67. The zero-order valence-electron chi connectivity index (χ0n) is 23.1. The third-order valence-corrected chi connectivity index (χ3v) is 8.36. The predicted molar refractivity (Wildman–Crippen MR) is 143 cm³/mol. The van der Waals surface area contributed by atoms with Crippen LogP contribution in [0.25, 0.3) is 5.69 Å². The maximum atomic E-state index is 13.9. The summed E-state index contributed by atoms with van der Waals surface area (Å²) < 4.78 is 68.2. The molecule has 5 rings (SSSR count). The molecule has 5 heterocycles. The number of nitrogens with zero attached hydrogens (tertiary/aromatic N) is 8. The monoisotopic (exact) mass is 593 g/mol. The van der Waals surface area contributed by atoms with Gasteiger partial charge in [-0.15, -0.1) is 10.2 Å². The van der Waals surface area contributed by atoms with Gasteiger partial charge in [0.1, 0.15) is 17.7 Å². The van der Waals surface area contributed by atoms with Gasteiger partial charge in [0.05, 0.1) is 38.8 Å². The van der Waals surface area contributed by atoms with E-state index in [1.165, 1.54) is 25.1 Å². The number of anilines is 2.